The van der Waals surface area contributed by atoms with Crippen LogP contribution in [0.1, 0.15) is 73.3 Å². The van der Waals surface area contributed by atoms with Gasteiger partial charge in [-0.2, -0.15) is 0 Å². The van der Waals surface area contributed by atoms with Crippen molar-refractivity contribution in [2.45, 2.75) is 96.9 Å². The van der Waals surface area contributed by atoms with Crippen molar-refractivity contribution in [1.29, 1.82) is 0 Å². The molecule has 1 heterocycles. The first kappa shape index (κ1) is 24.7. The number of benzene rings is 1. The lowest BCUT2D eigenvalue weighted by Gasteiger charge is -2.39. The van der Waals surface area contributed by atoms with Crippen LogP contribution in [0.4, 0.5) is 0 Å². The molecule has 0 spiro atoms. The Morgan fingerprint density at radius 3 is 2.03 bits per heavy atom. The SMILES string of the molecule is CCC(=O)N(C#C[Si](C(C)C)(C(C)C)C(C)C)C1CCN(Cc2ccccc2)CC1. The van der Waals surface area contributed by atoms with E-state index >= 15 is 0 Å². The molecule has 166 valence electrons. The van der Waals surface area contributed by atoms with Crippen LogP contribution in [0.15, 0.2) is 30.3 Å². The first-order valence-corrected chi connectivity index (χ1v) is 14.1. The molecule has 0 radical (unpaired) electrons. The number of carbonyl (C=O) groups is 1. The van der Waals surface area contributed by atoms with Crippen LogP contribution in [0.25, 0.3) is 0 Å². The second-order valence-electron chi connectivity index (χ2n) is 9.74. The fourth-order valence-electron chi connectivity index (χ4n) is 5.29. The van der Waals surface area contributed by atoms with Gasteiger partial charge in [0, 0.05) is 38.1 Å². The molecule has 1 aromatic carbocycles. The minimum Gasteiger partial charge on any atom is -0.299 e. The summed E-state index contributed by atoms with van der Waals surface area (Å²) < 4.78 is 0. The van der Waals surface area contributed by atoms with Gasteiger partial charge in [0.2, 0.25) is 5.91 Å². The molecule has 30 heavy (non-hydrogen) atoms. The van der Waals surface area contributed by atoms with Gasteiger partial charge in [-0.25, -0.2) is 0 Å². The molecule has 0 atom stereocenters. The zero-order valence-electron chi connectivity index (χ0n) is 20.2. The maximum absolute atomic E-state index is 12.8. The smallest absolute Gasteiger partial charge is 0.234 e. The van der Waals surface area contributed by atoms with Crippen molar-refractivity contribution in [3.8, 4) is 11.6 Å². The number of hydrogen-bond donors (Lipinski definition) is 0. The van der Waals surface area contributed by atoms with E-state index in [-0.39, 0.29) is 11.9 Å². The van der Waals surface area contributed by atoms with Crippen molar-refractivity contribution < 1.29 is 4.79 Å². The van der Waals surface area contributed by atoms with E-state index in [1.807, 2.05) is 11.8 Å². The Morgan fingerprint density at radius 1 is 1.03 bits per heavy atom. The van der Waals surface area contributed by atoms with Crippen molar-refractivity contribution in [2.75, 3.05) is 13.1 Å². The molecule has 0 aliphatic carbocycles. The molecule has 1 saturated heterocycles. The highest BCUT2D eigenvalue weighted by Crippen LogP contribution is 2.40. The first-order valence-electron chi connectivity index (χ1n) is 11.8. The van der Waals surface area contributed by atoms with Gasteiger partial charge in [-0.15, -0.1) is 5.54 Å². The van der Waals surface area contributed by atoms with Crippen LogP contribution in [0.2, 0.25) is 16.6 Å². The summed E-state index contributed by atoms with van der Waals surface area (Å²) >= 11 is 0. The summed E-state index contributed by atoms with van der Waals surface area (Å²) in [5.74, 6) is 0.183. The number of hydrogen-bond acceptors (Lipinski definition) is 2. The Bertz CT molecular complexity index is 703. The predicted molar refractivity (Wildman–Crippen MR) is 131 cm³/mol. The number of carbonyl (C=O) groups excluding carboxylic acids is 1. The van der Waals surface area contributed by atoms with E-state index in [0.717, 1.165) is 32.5 Å². The number of amides is 1. The molecule has 4 heteroatoms. The summed E-state index contributed by atoms with van der Waals surface area (Å²) in [6, 6.07) is 14.4. The standard InChI is InChI=1S/C26H42N2OSi/c1-8-26(29)28(18-19-30(21(2)3,22(4)5)23(6)7)25-14-16-27(17-15-25)20-24-12-10-9-11-13-24/h9-13,21-23,25H,8,14-17,20H2,1-7H3. The number of likely N-dealkylation sites (tertiary alicyclic amines) is 1. The molecule has 0 unspecified atom stereocenters. The van der Waals surface area contributed by atoms with Gasteiger partial charge < -0.3 is 0 Å². The normalized spacial score (nSPS) is 16.1. The van der Waals surface area contributed by atoms with E-state index in [9.17, 15) is 4.79 Å². The maximum Gasteiger partial charge on any atom is 0.234 e. The molecule has 1 aliphatic rings. The van der Waals surface area contributed by atoms with E-state index < -0.39 is 8.07 Å². The first-order chi connectivity index (χ1) is 14.2. The van der Waals surface area contributed by atoms with Crippen LogP contribution < -0.4 is 0 Å². The number of rotatable bonds is 7. The molecule has 2 rings (SSSR count). The van der Waals surface area contributed by atoms with Gasteiger partial charge in [-0.05, 0) is 35.0 Å². The van der Waals surface area contributed by atoms with Crippen LogP contribution in [0, 0.1) is 11.6 Å². The highest BCUT2D eigenvalue weighted by molar-refractivity contribution is 6.90. The Balaban J connectivity index is 2.16. The molecule has 0 aromatic heterocycles. The second kappa shape index (κ2) is 11.2. The Morgan fingerprint density at radius 2 is 1.57 bits per heavy atom. The molecular weight excluding hydrogens is 384 g/mol. The van der Waals surface area contributed by atoms with Crippen LogP contribution in [-0.4, -0.2) is 42.9 Å². The lowest BCUT2D eigenvalue weighted by Crippen LogP contribution is -2.47. The molecule has 0 N–H and O–H groups in total. The summed E-state index contributed by atoms with van der Waals surface area (Å²) in [6.07, 6.45) is 2.54. The van der Waals surface area contributed by atoms with Crippen LogP contribution >= 0.6 is 0 Å². The Hall–Kier alpha value is -1.57. The van der Waals surface area contributed by atoms with Crippen molar-refractivity contribution >= 4 is 14.0 Å². The summed E-state index contributed by atoms with van der Waals surface area (Å²) in [4.78, 5) is 17.3. The quantitative estimate of drug-likeness (QED) is 0.300. The summed E-state index contributed by atoms with van der Waals surface area (Å²) in [6.45, 7) is 19.0. The van der Waals surface area contributed by atoms with E-state index in [1.165, 1.54) is 5.56 Å². The van der Waals surface area contributed by atoms with Crippen molar-refractivity contribution in [3.05, 3.63) is 35.9 Å². The van der Waals surface area contributed by atoms with Crippen LogP contribution in [0.5, 0.6) is 0 Å². The molecule has 1 amide bonds. The molecule has 1 aliphatic heterocycles. The highest BCUT2D eigenvalue weighted by Gasteiger charge is 2.42. The van der Waals surface area contributed by atoms with Gasteiger partial charge in [0.1, 0.15) is 8.07 Å². The maximum atomic E-state index is 12.8. The number of piperidine rings is 1. The van der Waals surface area contributed by atoms with Crippen LogP contribution in [0.3, 0.4) is 0 Å². The predicted octanol–water partition coefficient (Wildman–Crippen LogP) is 6.07. The third-order valence-corrected chi connectivity index (χ3v) is 13.3. The largest absolute Gasteiger partial charge is 0.299 e. The zero-order valence-corrected chi connectivity index (χ0v) is 21.2. The van der Waals surface area contributed by atoms with Gasteiger partial charge in [0.25, 0.3) is 0 Å². The van der Waals surface area contributed by atoms with E-state index in [0.29, 0.717) is 23.0 Å². The van der Waals surface area contributed by atoms with E-state index in [4.69, 9.17) is 0 Å². The Kier molecular flexibility index (Phi) is 9.19. The summed E-state index contributed by atoms with van der Waals surface area (Å²) in [7, 11) is -1.84. The molecule has 0 saturated carbocycles. The Labute approximate surface area is 186 Å². The minimum atomic E-state index is -1.84. The molecule has 1 aromatic rings. The average Bonchev–Trinajstić information content (AvgIpc) is 2.71. The molecule has 1 fully saturated rings. The summed E-state index contributed by atoms with van der Waals surface area (Å²) in [5.41, 5.74) is 6.88. The third-order valence-electron chi connectivity index (χ3n) is 7.00. The van der Waals surface area contributed by atoms with Gasteiger partial charge in [-0.1, -0.05) is 78.8 Å². The molecule has 0 bridgehead atoms. The lowest BCUT2D eigenvalue weighted by atomic mass is 10.0. The van der Waals surface area contributed by atoms with Crippen molar-refractivity contribution in [1.82, 2.24) is 9.80 Å². The fourth-order valence-corrected chi connectivity index (χ4v) is 10.5. The monoisotopic (exact) mass is 426 g/mol. The summed E-state index contributed by atoms with van der Waals surface area (Å²) in [5, 5.41) is 0. The highest BCUT2D eigenvalue weighted by atomic mass is 28.3. The fraction of sp³-hybridized carbons (Fsp3) is 0.654. The second-order valence-corrected chi connectivity index (χ2v) is 15.3. The third kappa shape index (κ3) is 5.77. The topological polar surface area (TPSA) is 23.6 Å². The van der Waals surface area contributed by atoms with E-state index in [1.54, 1.807) is 0 Å². The van der Waals surface area contributed by atoms with Gasteiger partial charge in [0.05, 0.1) is 0 Å². The van der Waals surface area contributed by atoms with Gasteiger partial charge in [0.15, 0.2) is 0 Å². The molecule has 3 nitrogen and oxygen atoms in total. The van der Waals surface area contributed by atoms with E-state index in [2.05, 4.69) is 88.4 Å². The average molecular weight is 427 g/mol. The van der Waals surface area contributed by atoms with Crippen molar-refractivity contribution in [2.24, 2.45) is 0 Å². The zero-order chi connectivity index (χ0) is 22.3. The van der Waals surface area contributed by atoms with Crippen LogP contribution in [-0.2, 0) is 11.3 Å². The van der Waals surface area contributed by atoms with Gasteiger partial charge in [-0.3, -0.25) is 14.6 Å². The lowest BCUT2D eigenvalue weighted by molar-refractivity contribution is -0.130. The van der Waals surface area contributed by atoms with Gasteiger partial charge >= 0.3 is 0 Å². The number of nitrogens with zero attached hydrogens (tertiary/aromatic N) is 2. The van der Waals surface area contributed by atoms with Crippen molar-refractivity contribution in [3.63, 3.8) is 0 Å². The minimum absolute atomic E-state index is 0.183. The molecular formula is C26H42N2OSi.